The summed E-state index contributed by atoms with van der Waals surface area (Å²) < 4.78 is 0. The predicted octanol–water partition coefficient (Wildman–Crippen LogP) is 7.55. The number of aliphatic hydroxyl groups excluding tert-OH is 1. The molecule has 0 aromatic carbocycles. The summed E-state index contributed by atoms with van der Waals surface area (Å²) in [6.07, 6.45) is 15.5. The third-order valence-electron chi connectivity index (χ3n) is 10.7. The first-order valence-electron chi connectivity index (χ1n) is 12.7. The van der Waals surface area contributed by atoms with Crippen molar-refractivity contribution in [2.75, 3.05) is 0 Å². The maximum atomic E-state index is 10.2. The number of hydrogen-bond donors (Lipinski definition) is 1. The van der Waals surface area contributed by atoms with Crippen molar-refractivity contribution in [1.82, 2.24) is 0 Å². The molecule has 0 amide bonds. The van der Waals surface area contributed by atoms with Crippen LogP contribution in [-0.4, -0.2) is 11.2 Å². The van der Waals surface area contributed by atoms with Gasteiger partial charge in [-0.2, -0.15) is 0 Å². The molecule has 3 saturated carbocycles. The average Bonchev–Trinajstić information content (AvgIpc) is 3.03. The molecular weight excluding hydrogens is 352 g/mol. The first-order chi connectivity index (χ1) is 13.7. The van der Waals surface area contributed by atoms with E-state index >= 15 is 0 Å². The van der Waals surface area contributed by atoms with Crippen molar-refractivity contribution in [2.24, 2.45) is 46.3 Å². The van der Waals surface area contributed by atoms with Gasteiger partial charge in [-0.3, -0.25) is 0 Å². The predicted molar refractivity (Wildman–Crippen MR) is 124 cm³/mol. The number of rotatable bonds is 5. The highest BCUT2D eigenvalue weighted by molar-refractivity contribution is 5.27. The molecular formula is C28H46O. The second-order valence-electron chi connectivity index (χ2n) is 12.2. The Hall–Kier alpha value is -0.560. The Morgan fingerprint density at radius 1 is 1.07 bits per heavy atom. The van der Waals surface area contributed by atoms with E-state index in [-0.39, 0.29) is 6.10 Å². The van der Waals surface area contributed by atoms with Crippen LogP contribution in [-0.2, 0) is 0 Å². The Morgan fingerprint density at radius 2 is 1.76 bits per heavy atom. The molecule has 0 heterocycles. The Labute approximate surface area is 180 Å². The first-order valence-corrected chi connectivity index (χ1v) is 12.7. The molecule has 9 atom stereocenters. The SMILES string of the molecule is C=C(C)[C@H](C)CCC(C)C1CCC2C3=CCC4CC(O)CCC4(C)C3CCC21C. The van der Waals surface area contributed by atoms with Crippen LogP contribution in [0, 0.1) is 46.3 Å². The lowest BCUT2D eigenvalue weighted by atomic mass is 9.47. The maximum Gasteiger partial charge on any atom is 0.0543 e. The molecule has 0 radical (unpaired) electrons. The highest BCUT2D eigenvalue weighted by Crippen LogP contribution is 2.66. The summed E-state index contributed by atoms with van der Waals surface area (Å²) in [6, 6.07) is 0. The lowest BCUT2D eigenvalue weighted by Gasteiger charge is -2.57. The summed E-state index contributed by atoms with van der Waals surface area (Å²) in [7, 11) is 0. The largest absolute Gasteiger partial charge is 0.393 e. The molecule has 1 nitrogen and oxygen atoms in total. The van der Waals surface area contributed by atoms with E-state index < -0.39 is 0 Å². The van der Waals surface area contributed by atoms with Crippen LogP contribution in [0.1, 0.15) is 98.8 Å². The van der Waals surface area contributed by atoms with Crippen LogP contribution >= 0.6 is 0 Å². The van der Waals surface area contributed by atoms with Crippen molar-refractivity contribution >= 4 is 0 Å². The fourth-order valence-corrected chi connectivity index (χ4v) is 8.43. The third-order valence-corrected chi connectivity index (χ3v) is 10.7. The molecule has 0 aliphatic heterocycles. The Kier molecular flexibility index (Phi) is 5.86. The minimum atomic E-state index is -0.0461. The number of hydrogen-bond acceptors (Lipinski definition) is 1. The van der Waals surface area contributed by atoms with Crippen LogP contribution in [0.25, 0.3) is 0 Å². The molecule has 4 rings (SSSR count). The van der Waals surface area contributed by atoms with E-state index in [2.05, 4.69) is 47.3 Å². The van der Waals surface area contributed by atoms with E-state index in [9.17, 15) is 5.11 Å². The Balaban J connectivity index is 1.50. The molecule has 1 N–H and O–H groups in total. The van der Waals surface area contributed by atoms with Gasteiger partial charge in [0.05, 0.1) is 6.10 Å². The van der Waals surface area contributed by atoms with E-state index in [1.165, 1.54) is 56.9 Å². The van der Waals surface area contributed by atoms with Gasteiger partial charge in [0.1, 0.15) is 0 Å². The molecule has 0 bridgehead atoms. The van der Waals surface area contributed by atoms with Gasteiger partial charge in [0.25, 0.3) is 0 Å². The summed E-state index contributed by atoms with van der Waals surface area (Å²) in [5.41, 5.74) is 4.18. The van der Waals surface area contributed by atoms with Crippen molar-refractivity contribution in [2.45, 2.75) is 105 Å². The van der Waals surface area contributed by atoms with Gasteiger partial charge in [0.15, 0.2) is 0 Å². The van der Waals surface area contributed by atoms with Crippen LogP contribution in [0.15, 0.2) is 23.8 Å². The van der Waals surface area contributed by atoms with E-state index in [0.717, 1.165) is 36.5 Å². The summed E-state index contributed by atoms with van der Waals surface area (Å²) in [6.45, 7) is 16.5. The van der Waals surface area contributed by atoms with E-state index in [1.54, 1.807) is 0 Å². The molecule has 0 saturated heterocycles. The smallest absolute Gasteiger partial charge is 0.0543 e. The van der Waals surface area contributed by atoms with E-state index in [4.69, 9.17) is 0 Å². The lowest BCUT2D eigenvalue weighted by molar-refractivity contribution is -0.0428. The first kappa shape index (κ1) is 21.7. The topological polar surface area (TPSA) is 20.2 Å². The average molecular weight is 399 g/mol. The Morgan fingerprint density at radius 3 is 2.48 bits per heavy atom. The number of aliphatic hydroxyl groups is 1. The van der Waals surface area contributed by atoms with Crippen LogP contribution in [0.5, 0.6) is 0 Å². The molecule has 164 valence electrons. The van der Waals surface area contributed by atoms with E-state index in [1.807, 2.05) is 5.57 Å². The van der Waals surface area contributed by atoms with Gasteiger partial charge in [0.2, 0.25) is 0 Å². The second kappa shape index (κ2) is 7.85. The van der Waals surface area contributed by atoms with Crippen molar-refractivity contribution in [3.8, 4) is 0 Å². The highest BCUT2D eigenvalue weighted by Gasteiger charge is 2.58. The molecule has 8 unspecified atom stereocenters. The minimum Gasteiger partial charge on any atom is -0.393 e. The fourth-order valence-electron chi connectivity index (χ4n) is 8.43. The van der Waals surface area contributed by atoms with Gasteiger partial charge in [-0.1, -0.05) is 51.5 Å². The van der Waals surface area contributed by atoms with Gasteiger partial charge in [0, 0.05) is 0 Å². The van der Waals surface area contributed by atoms with E-state index in [0.29, 0.717) is 22.7 Å². The quantitative estimate of drug-likeness (QED) is 0.474. The highest BCUT2D eigenvalue weighted by atomic mass is 16.3. The lowest BCUT2D eigenvalue weighted by Crippen LogP contribution is -2.49. The zero-order chi connectivity index (χ0) is 21.0. The van der Waals surface area contributed by atoms with Gasteiger partial charge in [-0.05, 0) is 117 Å². The zero-order valence-electron chi connectivity index (χ0n) is 19.8. The summed E-state index contributed by atoms with van der Waals surface area (Å²) in [5.74, 6) is 4.73. The van der Waals surface area contributed by atoms with Gasteiger partial charge in [-0.15, -0.1) is 0 Å². The van der Waals surface area contributed by atoms with Crippen LogP contribution in [0.4, 0.5) is 0 Å². The molecule has 1 heteroatoms. The van der Waals surface area contributed by atoms with Crippen LogP contribution < -0.4 is 0 Å². The van der Waals surface area contributed by atoms with Crippen LogP contribution in [0.2, 0.25) is 0 Å². The fraction of sp³-hybridized carbons (Fsp3) is 0.857. The van der Waals surface area contributed by atoms with Gasteiger partial charge < -0.3 is 5.11 Å². The monoisotopic (exact) mass is 398 g/mol. The molecule has 3 fully saturated rings. The molecule has 4 aliphatic carbocycles. The zero-order valence-corrected chi connectivity index (χ0v) is 19.8. The third kappa shape index (κ3) is 3.58. The maximum absolute atomic E-state index is 10.2. The summed E-state index contributed by atoms with van der Waals surface area (Å²) in [5, 5.41) is 10.2. The van der Waals surface area contributed by atoms with Crippen molar-refractivity contribution < 1.29 is 5.11 Å². The van der Waals surface area contributed by atoms with Crippen molar-refractivity contribution in [3.63, 3.8) is 0 Å². The van der Waals surface area contributed by atoms with Crippen LogP contribution in [0.3, 0.4) is 0 Å². The molecule has 0 aromatic heterocycles. The molecule has 0 aromatic rings. The van der Waals surface area contributed by atoms with Crippen molar-refractivity contribution in [3.05, 3.63) is 23.8 Å². The normalized spacial score (nSPS) is 46.1. The van der Waals surface area contributed by atoms with Gasteiger partial charge >= 0.3 is 0 Å². The molecule has 4 aliphatic rings. The standard InChI is InChI=1S/C28H46O/c1-18(2)19(3)7-8-20(4)24-11-12-25-23-10-9-21-17-22(29)13-15-27(21,5)26(23)14-16-28(24,25)6/h10,19-22,24-26,29H,1,7-9,11-17H2,2-6H3/t19-,20?,21?,22?,24?,25?,26?,27?,28?/m1/s1. The number of fused-ring (bicyclic) bond motifs is 5. The van der Waals surface area contributed by atoms with Gasteiger partial charge in [-0.25, -0.2) is 0 Å². The second-order valence-corrected chi connectivity index (χ2v) is 12.2. The number of allylic oxidation sites excluding steroid dienone is 3. The Bertz CT molecular complexity index is 661. The summed E-state index contributed by atoms with van der Waals surface area (Å²) in [4.78, 5) is 0. The molecule has 29 heavy (non-hydrogen) atoms. The molecule has 0 spiro atoms. The summed E-state index contributed by atoms with van der Waals surface area (Å²) >= 11 is 0. The minimum absolute atomic E-state index is 0.0461. The van der Waals surface area contributed by atoms with Crippen molar-refractivity contribution in [1.29, 1.82) is 0 Å².